The Morgan fingerprint density at radius 2 is 1.54 bits per heavy atom. The summed E-state index contributed by atoms with van der Waals surface area (Å²) in [4.78, 5) is -0.682. The average Bonchev–Trinajstić information content (AvgIpc) is 2.76. The molecule has 0 saturated heterocycles. The Balaban J connectivity index is 1.98. The van der Waals surface area contributed by atoms with Crippen LogP contribution < -0.4 is 4.74 Å². The quantitative estimate of drug-likeness (QED) is 0.263. The molecule has 0 unspecified atom stereocenters. The van der Waals surface area contributed by atoms with E-state index in [0.29, 0.717) is 0 Å². The highest BCUT2D eigenvalue weighted by Crippen LogP contribution is 2.39. The summed E-state index contributed by atoms with van der Waals surface area (Å²) in [7, 11) is -12.1. The highest BCUT2D eigenvalue weighted by Gasteiger charge is 2.19. The number of hydrogen-bond donors (Lipinski definition) is 3. The summed E-state index contributed by atoms with van der Waals surface area (Å²) in [6.07, 6.45) is 0. The minimum Gasteiger partial charge on any atom is -0.505 e. The Hall–Kier alpha value is -3.15. The van der Waals surface area contributed by atoms with Gasteiger partial charge in [-0.25, -0.2) is 12.6 Å². The van der Waals surface area contributed by atoms with Crippen LogP contribution in [0.3, 0.4) is 0 Å². The van der Waals surface area contributed by atoms with E-state index in [4.69, 9.17) is 9.29 Å². The van der Waals surface area contributed by atoms with Gasteiger partial charge in [-0.1, -0.05) is 18.2 Å². The van der Waals surface area contributed by atoms with E-state index in [-0.39, 0.29) is 32.8 Å². The van der Waals surface area contributed by atoms with Gasteiger partial charge in [0.05, 0.1) is 24.4 Å². The maximum Gasteiger partial charge on any atom is 0.397 e. The minimum atomic E-state index is -4.81. The van der Waals surface area contributed by atoms with Gasteiger partial charge in [0.25, 0.3) is 10.1 Å². The van der Waals surface area contributed by atoms with E-state index in [9.17, 15) is 34.9 Å². The molecule has 35 heavy (non-hydrogen) atoms. The predicted molar refractivity (Wildman–Crippen MR) is 122 cm³/mol. The van der Waals surface area contributed by atoms with Crippen LogP contribution in [0.5, 0.6) is 11.5 Å². The first-order chi connectivity index (χ1) is 16.2. The van der Waals surface area contributed by atoms with Crippen LogP contribution >= 0.6 is 0 Å². The molecule has 0 radical (unpaired) electrons. The van der Waals surface area contributed by atoms with Gasteiger partial charge in [-0.05, 0) is 30.3 Å². The summed E-state index contributed by atoms with van der Waals surface area (Å²) in [5, 5.41) is 18.5. The smallest absolute Gasteiger partial charge is 0.397 e. The number of benzene rings is 3. The molecule has 3 aromatic rings. The van der Waals surface area contributed by atoms with Crippen molar-refractivity contribution in [2.45, 2.75) is 9.79 Å². The summed E-state index contributed by atoms with van der Waals surface area (Å²) >= 11 is 0. The Bertz CT molecular complexity index is 1630. The fraction of sp³-hybridized carbons (Fsp3) is 0.158. The number of azo groups is 1. The second kappa shape index (κ2) is 9.84. The lowest BCUT2D eigenvalue weighted by molar-refractivity contribution is 0.284. The van der Waals surface area contributed by atoms with Crippen molar-refractivity contribution in [1.82, 2.24) is 0 Å². The summed E-state index contributed by atoms with van der Waals surface area (Å²) in [6.45, 7) is -0.819. The van der Waals surface area contributed by atoms with E-state index in [1.165, 1.54) is 43.5 Å². The zero-order valence-electron chi connectivity index (χ0n) is 17.8. The third-order valence-electron chi connectivity index (χ3n) is 4.61. The molecule has 0 amide bonds. The number of hydrogen-bond acceptors (Lipinski definition) is 11. The second-order valence-corrected chi connectivity index (χ2v) is 11.5. The number of fused-ring (bicyclic) bond motifs is 1. The van der Waals surface area contributed by atoms with E-state index in [0.717, 1.165) is 12.1 Å². The van der Waals surface area contributed by atoms with Crippen LogP contribution in [0, 0.1) is 0 Å². The van der Waals surface area contributed by atoms with Gasteiger partial charge in [-0.2, -0.15) is 16.8 Å². The average molecular weight is 547 g/mol. The SMILES string of the molecule is COc1ccc(S(=O)(=O)CCOS(=O)(=O)O)cc1N=Nc1ccc2c(S(=O)(=O)O)cccc2c1O. The molecule has 0 aliphatic rings. The van der Waals surface area contributed by atoms with Crippen molar-refractivity contribution < 1.29 is 48.4 Å². The summed E-state index contributed by atoms with van der Waals surface area (Å²) in [5.41, 5.74) is -0.155. The molecular formula is C19H18N2O11S3. The summed E-state index contributed by atoms with van der Waals surface area (Å²) in [6, 6.07) is 10.00. The summed E-state index contributed by atoms with van der Waals surface area (Å²) in [5.74, 6) is -1.09. The lowest BCUT2D eigenvalue weighted by Crippen LogP contribution is -2.15. The molecule has 3 rings (SSSR count). The van der Waals surface area contributed by atoms with Crippen molar-refractivity contribution in [3.8, 4) is 11.5 Å². The molecule has 16 heteroatoms. The maximum absolute atomic E-state index is 12.5. The van der Waals surface area contributed by atoms with E-state index >= 15 is 0 Å². The van der Waals surface area contributed by atoms with Crippen molar-refractivity contribution in [3.63, 3.8) is 0 Å². The zero-order chi connectivity index (χ0) is 26.0. The molecule has 3 aromatic carbocycles. The van der Waals surface area contributed by atoms with Crippen LogP contribution in [-0.4, -0.2) is 58.9 Å². The highest BCUT2D eigenvalue weighted by molar-refractivity contribution is 7.91. The van der Waals surface area contributed by atoms with Crippen LogP contribution in [0.25, 0.3) is 10.8 Å². The standard InChI is InChI=1S/C19H18N2O11S3/c1-31-17-8-5-12(33(23,24)10-9-32-35(28,29)30)11-16(17)21-20-15-7-6-13-14(19(15)22)3-2-4-18(13)34(25,26)27/h2-8,11,22H,9-10H2,1H3,(H,25,26,27)(H,28,29,30). The zero-order valence-corrected chi connectivity index (χ0v) is 20.2. The lowest BCUT2D eigenvalue weighted by Gasteiger charge is -2.09. The molecule has 0 aliphatic heterocycles. The first-order valence-electron chi connectivity index (χ1n) is 9.39. The number of methoxy groups -OCH3 is 1. The Morgan fingerprint density at radius 1 is 0.857 bits per heavy atom. The first-order valence-corrected chi connectivity index (χ1v) is 13.9. The van der Waals surface area contributed by atoms with E-state index in [1.54, 1.807) is 0 Å². The fourth-order valence-corrected chi connectivity index (χ4v) is 5.23. The van der Waals surface area contributed by atoms with Gasteiger partial charge in [0.1, 0.15) is 22.0 Å². The van der Waals surface area contributed by atoms with Gasteiger partial charge >= 0.3 is 10.4 Å². The first kappa shape index (κ1) is 26.5. The molecule has 0 spiro atoms. The molecule has 188 valence electrons. The van der Waals surface area contributed by atoms with Crippen molar-refractivity contribution in [2.75, 3.05) is 19.5 Å². The number of rotatable bonds is 9. The van der Waals surface area contributed by atoms with Gasteiger partial charge in [0.15, 0.2) is 15.6 Å². The van der Waals surface area contributed by atoms with Gasteiger partial charge in [0.2, 0.25) is 0 Å². The minimum absolute atomic E-state index is 0.0456. The predicted octanol–water partition coefficient (Wildman–Crippen LogP) is 2.81. The molecule has 3 N–H and O–H groups in total. The molecule has 13 nitrogen and oxygen atoms in total. The number of phenolic OH excluding ortho intramolecular Hbond substituents is 1. The van der Waals surface area contributed by atoms with Gasteiger partial charge in [-0.15, -0.1) is 10.2 Å². The third kappa shape index (κ3) is 6.30. The third-order valence-corrected chi connectivity index (χ3v) is 7.66. The van der Waals surface area contributed by atoms with Crippen molar-refractivity contribution in [2.24, 2.45) is 10.2 Å². The molecule has 0 aliphatic carbocycles. The van der Waals surface area contributed by atoms with Gasteiger partial charge in [-0.3, -0.25) is 9.11 Å². The second-order valence-electron chi connectivity index (χ2n) is 6.86. The highest BCUT2D eigenvalue weighted by atomic mass is 32.3. The van der Waals surface area contributed by atoms with Gasteiger partial charge in [0, 0.05) is 10.8 Å². The normalized spacial score (nSPS) is 12.9. The van der Waals surface area contributed by atoms with Crippen LogP contribution in [0.1, 0.15) is 0 Å². The van der Waals surface area contributed by atoms with Crippen molar-refractivity contribution in [1.29, 1.82) is 0 Å². The number of phenols is 1. The largest absolute Gasteiger partial charge is 0.505 e. The lowest BCUT2D eigenvalue weighted by atomic mass is 10.1. The topological polar surface area (TPSA) is 206 Å². The van der Waals surface area contributed by atoms with Crippen molar-refractivity contribution in [3.05, 3.63) is 48.5 Å². The molecule has 0 saturated carbocycles. The van der Waals surface area contributed by atoms with E-state index in [2.05, 4.69) is 14.4 Å². The molecule has 0 aromatic heterocycles. The van der Waals surface area contributed by atoms with Crippen LogP contribution in [0.4, 0.5) is 11.4 Å². The Labute approximate surface area is 200 Å². The molecular weight excluding hydrogens is 528 g/mol. The van der Waals surface area contributed by atoms with Crippen molar-refractivity contribution >= 4 is 52.5 Å². The fourth-order valence-electron chi connectivity index (χ4n) is 3.02. The molecule has 0 heterocycles. The van der Waals surface area contributed by atoms with Crippen LogP contribution in [0.2, 0.25) is 0 Å². The maximum atomic E-state index is 12.5. The number of aromatic hydroxyl groups is 1. The van der Waals surface area contributed by atoms with Gasteiger partial charge < -0.3 is 9.84 Å². The molecule has 0 bridgehead atoms. The van der Waals surface area contributed by atoms with Crippen LogP contribution in [0.15, 0.2) is 68.6 Å². The monoisotopic (exact) mass is 546 g/mol. The summed E-state index contributed by atoms with van der Waals surface area (Å²) < 4.78 is 96.5. The number of sulfone groups is 1. The number of nitrogens with zero attached hydrogens (tertiary/aromatic N) is 2. The molecule has 0 fully saturated rings. The molecule has 0 atom stereocenters. The number of ether oxygens (including phenoxy) is 1. The van der Waals surface area contributed by atoms with E-state index in [1.807, 2.05) is 0 Å². The van der Waals surface area contributed by atoms with Crippen LogP contribution in [-0.2, 0) is 34.5 Å². The Morgan fingerprint density at radius 3 is 2.17 bits per heavy atom. The Kier molecular flexibility index (Phi) is 7.44. The van der Waals surface area contributed by atoms with E-state index < -0.39 is 53.4 Å².